The molecule has 0 spiro atoms. The molecule has 3 aromatic rings. The Hall–Kier alpha value is -3.61. The highest BCUT2D eigenvalue weighted by atomic mass is 16.6. The molecule has 0 aliphatic heterocycles. The van der Waals surface area contributed by atoms with Crippen LogP contribution in [0.1, 0.15) is 44.7 Å². The molecule has 1 atom stereocenters. The summed E-state index contributed by atoms with van der Waals surface area (Å²) in [6.07, 6.45) is 2.02. The van der Waals surface area contributed by atoms with Crippen LogP contribution in [0, 0.1) is 5.92 Å². The van der Waals surface area contributed by atoms with Crippen LogP contribution in [0.5, 0.6) is 5.75 Å². The quantitative estimate of drug-likeness (QED) is 0.280. The molecule has 1 amide bonds. The zero-order valence-corrected chi connectivity index (χ0v) is 19.1. The van der Waals surface area contributed by atoms with E-state index < -0.39 is 23.7 Å². The molecule has 7 heteroatoms. The smallest absolute Gasteiger partial charge is 0.408 e. The fourth-order valence-electron chi connectivity index (χ4n) is 3.42. The van der Waals surface area contributed by atoms with Gasteiger partial charge in [0.05, 0.1) is 0 Å². The van der Waals surface area contributed by atoms with Crippen LogP contribution in [-0.4, -0.2) is 18.1 Å². The minimum absolute atomic E-state index is 0.0939. The van der Waals surface area contributed by atoms with E-state index in [4.69, 9.17) is 13.9 Å². The van der Waals surface area contributed by atoms with E-state index in [-0.39, 0.29) is 18.3 Å². The Morgan fingerprint density at radius 3 is 2.52 bits per heavy atom. The van der Waals surface area contributed by atoms with Crippen molar-refractivity contribution in [3.8, 4) is 5.75 Å². The van der Waals surface area contributed by atoms with Gasteiger partial charge in [0.15, 0.2) is 0 Å². The molecule has 0 bridgehead atoms. The number of unbranched alkanes of at least 4 members (excludes halogenated alkanes) is 1. The van der Waals surface area contributed by atoms with Crippen LogP contribution < -0.4 is 15.7 Å². The molecule has 1 N–H and O–H groups in total. The number of carbonyl (C=O) groups is 2. The molecule has 33 heavy (non-hydrogen) atoms. The maximum atomic E-state index is 12.8. The zero-order chi connectivity index (χ0) is 23.8. The summed E-state index contributed by atoms with van der Waals surface area (Å²) in [5, 5.41) is 3.39. The number of amides is 1. The second-order valence-electron chi connectivity index (χ2n) is 8.20. The fourth-order valence-corrected chi connectivity index (χ4v) is 3.42. The highest BCUT2D eigenvalue weighted by Gasteiger charge is 2.27. The number of alkyl carbamates (subject to hydrolysis) is 1. The molecule has 7 nitrogen and oxygen atoms in total. The Balaban J connectivity index is 1.69. The van der Waals surface area contributed by atoms with E-state index in [2.05, 4.69) is 12.2 Å². The van der Waals surface area contributed by atoms with E-state index in [1.54, 1.807) is 26.0 Å². The third kappa shape index (κ3) is 6.68. The maximum absolute atomic E-state index is 12.8. The van der Waals surface area contributed by atoms with Crippen molar-refractivity contribution in [2.45, 2.75) is 52.7 Å². The summed E-state index contributed by atoms with van der Waals surface area (Å²) >= 11 is 0. The van der Waals surface area contributed by atoms with Gasteiger partial charge in [-0.05, 0) is 42.0 Å². The highest BCUT2D eigenvalue weighted by Crippen LogP contribution is 2.24. The van der Waals surface area contributed by atoms with Gasteiger partial charge in [-0.15, -0.1) is 0 Å². The summed E-state index contributed by atoms with van der Waals surface area (Å²) in [6, 6.07) is 14.8. The lowest BCUT2D eigenvalue weighted by Crippen LogP contribution is -2.46. The number of esters is 1. The van der Waals surface area contributed by atoms with Crippen molar-refractivity contribution >= 4 is 23.0 Å². The number of carbonyl (C=O) groups excluding carboxylic acids is 2. The molecule has 0 aliphatic carbocycles. The fraction of sp³-hybridized carbons (Fsp3) is 0.346. The molecule has 1 aromatic heterocycles. The largest absolute Gasteiger partial charge is 0.445 e. The molecule has 0 saturated heterocycles. The van der Waals surface area contributed by atoms with Crippen molar-refractivity contribution < 1.29 is 23.5 Å². The van der Waals surface area contributed by atoms with E-state index in [0.717, 1.165) is 35.8 Å². The summed E-state index contributed by atoms with van der Waals surface area (Å²) < 4.78 is 16.0. The Kier molecular flexibility index (Phi) is 8.24. The summed E-state index contributed by atoms with van der Waals surface area (Å²) in [7, 11) is 0. The average molecular weight is 452 g/mol. The molecular formula is C26H29NO6. The molecule has 0 saturated carbocycles. The first-order valence-corrected chi connectivity index (χ1v) is 11.1. The highest BCUT2D eigenvalue weighted by molar-refractivity contribution is 5.85. The number of benzene rings is 2. The predicted molar refractivity (Wildman–Crippen MR) is 125 cm³/mol. The monoisotopic (exact) mass is 451 g/mol. The van der Waals surface area contributed by atoms with Crippen LogP contribution in [-0.2, 0) is 22.6 Å². The lowest BCUT2D eigenvalue weighted by molar-refractivity contribution is -0.137. The van der Waals surface area contributed by atoms with E-state index in [1.807, 2.05) is 30.3 Å². The Labute approximate surface area is 192 Å². The van der Waals surface area contributed by atoms with Crippen molar-refractivity contribution in [2.24, 2.45) is 5.92 Å². The average Bonchev–Trinajstić information content (AvgIpc) is 2.79. The predicted octanol–water partition coefficient (Wildman–Crippen LogP) is 4.99. The van der Waals surface area contributed by atoms with Crippen LogP contribution >= 0.6 is 0 Å². The lowest BCUT2D eigenvalue weighted by Gasteiger charge is -2.20. The minimum atomic E-state index is -0.910. The van der Waals surface area contributed by atoms with E-state index >= 15 is 0 Å². The summed E-state index contributed by atoms with van der Waals surface area (Å²) in [6.45, 7) is 5.77. The van der Waals surface area contributed by atoms with Crippen molar-refractivity contribution in [3.63, 3.8) is 0 Å². The summed E-state index contributed by atoms with van der Waals surface area (Å²) in [5.41, 5.74) is 1.66. The first kappa shape index (κ1) is 24.0. The second kappa shape index (κ2) is 11.3. The summed E-state index contributed by atoms with van der Waals surface area (Å²) in [4.78, 5) is 37.0. The second-order valence-corrected chi connectivity index (χ2v) is 8.20. The topological polar surface area (TPSA) is 94.8 Å². The minimum Gasteiger partial charge on any atom is -0.445 e. The van der Waals surface area contributed by atoms with Crippen LogP contribution in [0.15, 0.2) is 63.8 Å². The molecule has 0 fully saturated rings. The lowest BCUT2D eigenvalue weighted by atomic mass is 10.0. The van der Waals surface area contributed by atoms with Crippen molar-refractivity contribution in [1.82, 2.24) is 5.32 Å². The van der Waals surface area contributed by atoms with Gasteiger partial charge in [0.25, 0.3) is 0 Å². The van der Waals surface area contributed by atoms with Crippen molar-refractivity contribution in [2.75, 3.05) is 0 Å². The molecule has 0 aliphatic rings. The first-order valence-electron chi connectivity index (χ1n) is 11.1. The van der Waals surface area contributed by atoms with Gasteiger partial charge < -0.3 is 19.2 Å². The van der Waals surface area contributed by atoms with Gasteiger partial charge in [-0.1, -0.05) is 57.5 Å². The molecule has 1 unspecified atom stereocenters. The number of nitrogens with one attached hydrogen (secondary N) is 1. The SMILES string of the molecule is CCCCc1cc(=O)oc2cc(OC(=O)C(NC(=O)OCc3ccccc3)C(C)C)ccc12. The van der Waals surface area contributed by atoms with Gasteiger partial charge >= 0.3 is 17.7 Å². The van der Waals surface area contributed by atoms with Crippen LogP contribution in [0.3, 0.4) is 0 Å². The zero-order valence-electron chi connectivity index (χ0n) is 19.1. The number of hydrogen-bond acceptors (Lipinski definition) is 6. The normalized spacial score (nSPS) is 11.9. The Morgan fingerprint density at radius 2 is 1.82 bits per heavy atom. The van der Waals surface area contributed by atoms with Gasteiger partial charge in [0.2, 0.25) is 0 Å². The number of aryl methyl sites for hydroxylation is 1. The third-order valence-corrected chi connectivity index (χ3v) is 5.23. The Bertz CT molecular complexity index is 1150. The molecular weight excluding hydrogens is 422 g/mol. The van der Waals surface area contributed by atoms with Gasteiger partial charge in [0, 0.05) is 17.5 Å². The van der Waals surface area contributed by atoms with Crippen LogP contribution in [0.4, 0.5) is 4.79 Å². The van der Waals surface area contributed by atoms with E-state index in [9.17, 15) is 14.4 Å². The molecule has 174 valence electrons. The maximum Gasteiger partial charge on any atom is 0.408 e. The number of fused-ring (bicyclic) bond motifs is 1. The van der Waals surface area contributed by atoms with Gasteiger partial charge in [-0.3, -0.25) is 0 Å². The molecule has 1 heterocycles. The van der Waals surface area contributed by atoms with Crippen molar-refractivity contribution in [1.29, 1.82) is 0 Å². The van der Waals surface area contributed by atoms with Gasteiger partial charge in [-0.25, -0.2) is 14.4 Å². The van der Waals surface area contributed by atoms with Crippen molar-refractivity contribution in [3.05, 3.63) is 76.1 Å². The molecule has 0 radical (unpaired) electrons. The Morgan fingerprint density at radius 1 is 1.06 bits per heavy atom. The summed E-state index contributed by atoms with van der Waals surface area (Å²) in [5.74, 6) is -0.639. The van der Waals surface area contributed by atoms with Gasteiger partial charge in [-0.2, -0.15) is 0 Å². The number of hydrogen-bond donors (Lipinski definition) is 1. The van der Waals surface area contributed by atoms with Crippen LogP contribution in [0.2, 0.25) is 0 Å². The van der Waals surface area contributed by atoms with E-state index in [1.165, 1.54) is 12.1 Å². The first-order chi connectivity index (χ1) is 15.9. The van der Waals surface area contributed by atoms with Gasteiger partial charge in [0.1, 0.15) is 24.0 Å². The number of ether oxygens (including phenoxy) is 2. The van der Waals surface area contributed by atoms with E-state index in [0.29, 0.717) is 5.58 Å². The van der Waals surface area contributed by atoms with Crippen LogP contribution in [0.25, 0.3) is 11.0 Å². The molecule has 3 rings (SSSR count). The third-order valence-electron chi connectivity index (χ3n) is 5.23. The number of rotatable bonds is 9. The standard InChI is InChI=1S/C26H29NO6/c1-4-5-11-19-14-23(28)33-22-15-20(12-13-21(19)22)32-25(29)24(17(2)3)27-26(30)31-16-18-9-7-6-8-10-18/h6-10,12-15,17,24H,4-5,11,16H2,1-3H3,(H,27,30). The molecule has 2 aromatic carbocycles.